The lowest BCUT2D eigenvalue weighted by molar-refractivity contribution is 0.0680. The molecule has 0 aromatic heterocycles. The number of aliphatic hydroxyl groups excluding tert-OH is 1. The van der Waals surface area contributed by atoms with Crippen LogP contribution >= 0.6 is 35.1 Å². The minimum atomic E-state index is -0.551. The van der Waals surface area contributed by atoms with Gasteiger partial charge in [0.2, 0.25) is 0 Å². The van der Waals surface area contributed by atoms with E-state index in [9.17, 15) is 5.11 Å². The van der Waals surface area contributed by atoms with E-state index in [2.05, 4.69) is 16.5 Å². The van der Waals surface area contributed by atoms with Crippen molar-refractivity contribution in [1.82, 2.24) is 4.90 Å². The Balaban J connectivity index is 1.83. The second-order valence-corrected chi connectivity index (χ2v) is 8.37. The van der Waals surface area contributed by atoms with Crippen LogP contribution in [0.25, 0.3) is 0 Å². The van der Waals surface area contributed by atoms with Gasteiger partial charge in [-0.05, 0) is 61.3 Å². The zero-order valence-corrected chi connectivity index (χ0v) is 19.4. The van der Waals surface area contributed by atoms with E-state index < -0.39 is 6.10 Å². The second-order valence-electron chi connectivity index (χ2n) is 6.95. The van der Waals surface area contributed by atoms with E-state index in [0.29, 0.717) is 16.6 Å². The summed E-state index contributed by atoms with van der Waals surface area (Å²) in [5.41, 5.74) is 2.17. The van der Waals surface area contributed by atoms with Crippen molar-refractivity contribution in [2.75, 3.05) is 37.2 Å². The summed E-state index contributed by atoms with van der Waals surface area (Å²) in [5, 5.41) is 11.6. The molecule has 7 heteroatoms. The van der Waals surface area contributed by atoms with Crippen LogP contribution in [0, 0.1) is 0 Å². The van der Waals surface area contributed by atoms with Crippen molar-refractivity contribution in [2.45, 2.75) is 32.3 Å². The van der Waals surface area contributed by atoms with Crippen molar-refractivity contribution in [3.63, 3.8) is 0 Å². The molecule has 4 nitrogen and oxygen atoms in total. The molecule has 0 heterocycles. The molecular formula is C22H30Cl2N2O2S. The fourth-order valence-corrected chi connectivity index (χ4v) is 3.63. The first kappa shape index (κ1) is 24.2. The third kappa shape index (κ3) is 9.06. The van der Waals surface area contributed by atoms with Gasteiger partial charge in [-0.1, -0.05) is 54.6 Å². The Morgan fingerprint density at radius 2 is 1.86 bits per heavy atom. The highest BCUT2D eigenvalue weighted by Gasteiger charge is 2.13. The molecule has 0 bridgehead atoms. The molecule has 2 rings (SSSR count). The van der Waals surface area contributed by atoms with Crippen molar-refractivity contribution in [3.8, 4) is 5.75 Å². The summed E-state index contributed by atoms with van der Waals surface area (Å²) in [4.78, 5) is 2.28. The van der Waals surface area contributed by atoms with E-state index in [1.54, 1.807) is 11.9 Å². The van der Waals surface area contributed by atoms with E-state index in [1.165, 1.54) is 0 Å². The summed E-state index contributed by atoms with van der Waals surface area (Å²) in [5.74, 6) is 0.756. The number of nitrogens with zero attached hydrogens (tertiary/aromatic N) is 1. The number of anilines is 1. The molecule has 0 saturated heterocycles. The van der Waals surface area contributed by atoms with Crippen LogP contribution in [0.4, 0.5) is 5.69 Å². The lowest BCUT2D eigenvalue weighted by Crippen LogP contribution is -2.37. The predicted octanol–water partition coefficient (Wildman–Crippen LogP) is 5.77. The molecule has 0 radical (unpaired) electrons. The summed E-state index contributed by atoms with van der Waals surface area (Å²) in [6.07, 6.45) is 4.50. The van der Waals surface area contributed by atoms with Gasteiger partial charge in [0, 0.05) is 25.0 Å². The molecule has 2 aromatic carbocycles. The van der Waals surface area contributed by atoms with Gasteiger partial charge in [0.1, 0.15) is 18.5 Å². The Labute approximate surface area is 188 Å². The van der Waals surface area contributed by atoms with E-state index in [1.807, 2.05) is 48.7 Å². The number of unbranched alkanes of at least 4 members (excludes halogenated alkanes) is 1. The number of aliphatic hydroxyl groups is 1. The van der Waals surface area contributed by atoms with Crippen LogP contribution in [-0.4, -0.2) is 48.6 Å². The number of nitrogens with one attached hydrogen (secondary N) is 1. The maximum absolute atomic E-state index is 10.5. The van der Waals surface area contributed by atoms with E-state index in [4.69, 9.17) is 27.9 Å². The molecule has 1 unspecified atom stereocenters. The highest BCUT2D eigenvalue weighted by Crippen LogP contribution is 2.23. The van der Waals surface area contributed by atoms with Gasteiger partial charge in [0.25, 0.3) is 0 Å². The monoisotopic (exact) mass is 456 g/mol. The summed E-state index contributed by atoms with van der Waals surface area (Å²) in [7, 11) is 0. The fraction of sp³-hybridized carbons (Fsp3) is 0.455. The van der Waals surface area contributed by atoms with Crippen LogP contribution in [-0.2, 0) is 6.42 Å². The number of rotatable bonds is 13. The average Bonchev–Trinajstić information content (AvgIpc) is 2.72. The topological polar surface area (TPSA) is 44.7 Å². The maximum Gasteiger partial charge on any atom is 0.119 e. The molecule has 0 aliphatic heterocycles. The highest BCUT2D eigenvalue weighted by atomic mass is 35.5. The summed E-state index contributed by atoms with van der Waals surface area (Å²) < 4.78 is 8.92. The first-order valence-corrected chi connectivity index (χ1v) is 11.9. The zero-order chi connectivity index (χ0) is 21.1. The fourth-order valence-electron chi connectivity index (χ4n) is 2.94. The summed E-state index contributed by atoms with van der Waals surface area (Å²) in [6.45, 7) is 4.82. The number of benzene rings is 2. The van der Waals surface area contributed by atoms with Crippen molar-refractivity contribution < 1.29 is 9.84 Å². The predicted molar refractivity (Wildman–Crippen MR) is 127 cm³/mol. The van der Waals surface area contributed by atoms with Crippen LogP contribution in [0.5, 0.6) is 5.75 Å². The van der Waals surface area contributed by atoms with Crippen LogP contribution in [0.3, 0.4) is 0 Å². The molecule has 0 amide bonds. The number of hydrogen-bond acceptors (Lipinski definition) is 5. The Morgan fingerprint density at radius 3 is 2.52 bits per heavy atom. The molecule has 29 heavy (non-hydrogen) atoms. The van der Waals surface area contributed by atoms with Crippen LogP contribution in [0.15, 0.2) is 42.5 Å². The first-order valence-electron chi connectivity index (χ1n) is 9.88. The molecule has 0 aliphatic carbocycles. The van der Waals surface area contributed by atoms with E-state index in [0.717, 1.165) is 49.4 Å². The normalized spacial score (nSPS) is 12.2. The Morgan fingerprint density at radius 1 is 1.10 bits per heavy atom. The van der Waals surface area contributed by atoms with Crippen molar-refractivity contribution in [2.24, 2.45) is 0 Å². The minimum Gasteiger partial charge on any atom is -0.491 e. The molecule has 1 atom stereocenters. The SMILES string of the molecule is CCCCN(CCc1ccc(Cl)c(Cl)c1)CC(O)COc1ccc(NSC)cc1. The quantitative estimate of drug-likeness (QED) is 0.374. The number of halogens is 2. The Kier molecular flexibility index (Phi) is 11.0. The third-order valence-electron chi connectivity index (χ3n) is 4.51. The average molecular weight is 457 g/mol. The lowest BCUT2D eigenvalue weighted by atomic mass is 10.1. The molecular weight excluding hydrogens is 427 g/mol. The Hall–Kier alpha value is -1.11. The van der Waals surface area contributed by atoms with Gasteiger partial charge in [0.15, 0.2) is 0 Å². The van der Waals surface area contributed by atoms with Gasteiger partial charge in [-0.2, -0.15) is 0 Å². The van der Waals surface area contributed by atoms with Crippen LogP contribution in [0.2, 0.25) is 10.0 Å². The van der Waals surface area contributed by atoms with Crippen molar-refractivity contribution >= 4 is 40.8 Å². The largest absolute Gasteiger partial charge is 0.491 e. The smallest absolute Gasteiger partial charge is 0.119 e. The first-order chi connectivity index (χ1) is 14.0. The molecule has 0 saturated carbocycles. The number of ether oxygens (including phenoxy) is 1. The summed E-state index contributed by atoms with van der Waals surface area (Å²) >= 11 is 13.7. The minimum absolute atomic E-state index is 0.269. The van der Waals surface area contributed by atoms with Crippen LogP contribution in [0.1, 0.15) is 25.3 Å². The van der Waals surface area contributed by atoms with Crippen LogP contribution < -0.4 is 9.46 Å². The molecule has 160 valence electrons. The van der Waals surface area contributed by atoms with Crippen molar-refractivity contribution in [1.29, 1.82) is 0 Å². The van der Waals surface area contributed by atoms with Gasteiger partial charge in [-0.3, -0.25) is 0 Å². The molecule has 0 aliphatic rings. The Bertz CT molecular complexity index is 731. The molecule has 0 fully saturated rings. The summed E-state index contributed by atoms with van der Waals surface area (Å²) in [6, 6.07) is 13.5. The van der Waals surface area contributed by atoms with Gasteiger partial charge < -0.3 is 19.5 Å². The maximum atomic E-state index is 10.5. The number of hydrogen-bond donors (Lipinski definition) is 2. The van der Waals surface area contributed by atoms with Gasteiger partial charge in [-0.25, -0.2) is 0 Å². The zero-order valence-electron chi connectivity index (χ0n) is 17.0. The standard InChI is InChI=1S/C22H30Cl2N2O2S/c1-3-4-12-26(13-11-17-5-10-21(23)22(24)14-17)15-19(27)16-28-20-8-6-18(7-9-20)25-29-2/h5-10,14,19,25,27H,3-4,11-13,15-16H2,1-2H3. The van der Waals surface area contributed by atoms with E-state index >= 15 is 0 Å². The van der Waals surface area contributed by atoms with E-state index in [-0.39, 0.29) is 6.61 Å². The van der Waals surface area contributed by atoms with Gasteiger partial charge in [-0.15, -0.1) is 0 Å². The van der Waals surface area contributed by atoms with Crippen molar-refractivity contribution in [3.05, 3.63) is 58.1 Å². The highest BCUT2D eigenvalue weighted by molar-refractivity contribution is 7.99. The van der Waals surface area contributed by atoms with Gasteiger partial charge >= 0.3 is 0 Å². The second kappa shape index (κ2) is 13.2. The molecule has 2 N–H and O–H groups in total. The lowest BCUT2D eigenvalue weighted by Gasteiger charge is -2.25. The van der Waals surface area contributed by atoms with Gasteiger partial charge in [0.05, 0.1) is 10.0 Å². The molecule has 2 aromatic rings. The third-order valence-corrected chi connectivity index (χ3v) is 5.69. The molecule has 0 spiro atoms.